The average molecular weight is 559 g/mol. The lowest BCUT2D eigenvalue weighted by molar-refractivity contribution is -0.0882. The molecule has 0 saturated heterocycles. The Morgan fingerprint density at radius 1 is 1.20 bits per heavy atom. The zero-order valence-electron chi connectivity index (χ0n) is 22.8. The Bertz CT molecular complexity index is 1640. The number of aliphatic hydroxyl groups excluding tert-OH is 1. The summed E-state index contributed by atoms with van der Waals surface area (Å²) in [6.45, 7) is 7.35. The maximum Gasteiger partial charge on any atom is 0.150 e. The third-order valence-electron chi connectivity index (χ3n) is 6.88. The molecule has 0 atom stereocenters. The van der Waals surface area contributed by atoms with Gasteiger partial charge in [0.05, 0.1) is 12.2 Å². The monoisotopic (exact) mass is 558 g/mol. The van der Waals surface area contributed by atoms with Crippen molar-refractivity contribution in [3.8, 4) is 11.5 Å². The molecule has 0 unspecified atom stereocenters. The lowest BCUT2D eigenvalue weighted by Crippen LogP contribution is -2.46. The van der Waals surface area contributed by atoms with Gasteiger partial charge in [0.25, 0.3) is 0 Å². The van der Waals surface area contributed by atoms with Gasteiger partial charge in [-0.2, -0.15) is 0 Å². The van der Waals surface area contributed by atoms with Crippen molar-refractivity contribution in [1.82, 2.24) is 24.3 Å². The number of imidazole rings is 1. The van der Waals surface area contributed by atoms with Crippen LogP contribution in [0.2, 0.25) is 0 Å². The van der Waals surface area contributed by atoms with Crippen LogP contribution in [0.15, 0.2) is 73.6 Å². The molecule has 11 heteroatoms. The number of aryl methyl sites for hydroxylation is 1. The summed E-state index contributed by atoms with van der Waals surface area (Å²) in [5.41, 5.74) is 7.75. The van der Waals surface area contributed by atoms with Gasteiger partial charge in [-0.25, -0.2) is 24.3 Å². The molecule has 0 amide bonds. The second kappa shape index (κ2) is 11.5. The molecule has 3 heterocycles. The molecule has 4 aromatic rings. The SMILES string of the molecule is C=C/C(=C\C=C(/C)Oc1cc(F)cc(OCc2cnc(C)nc2)c1)c1nc(C2CC(O)(CO)C2)n2ccnc(N)c12. The quantitative estimate of drug-likeness (QED) is 0.192. The van der Waals surface area contributed by atoms with E-state index in [0.29, 0.717) is 52.8 Å². The first kappa shape index (κ1) is 27.9. The summed E-state index contributed by atoms with van der Waals surface area (Å²) in [7, 11) is 0. The Morgan fingerprint density at radius 2 is 1.93 bits per heavy atom. The van der Waals surface area contributed by atoms with Crippen LogP contribution in [0.5, 0.6) is 11.5 Å². The molecule has 0 bridgehead atoms. The van der Waals surface area contributed by atoms with Gasteiger partial charge in [-0.1, -0.05) is 12.7 Å². The Labute approximate surface area is 236 Å². The molecule has 0 radical (unpaired) electrons. The first-order valence-corrected chi connectivity index (χ1v) is 13.0. The van der Waals surface area contributed by atoms with Crippen LogP contribution >= 0.6 is 0 Å². The summed E-state index contributed by atoms with van der Waals surface area (Å²) in [6, 6.07) is 4.15. The molecule has 4 N–H and O–H groups in total. The van der Waals surface area contributed by atoms with Crippen molar-refractivity contribution in [2.24, 2.45) is 0 Å². The molecule has 1 saturated carbocycles. The highest BCUT2D eigenvalue weighted by atomic mass is 19.1. The normalized spacial score (nSPS) is 19.2. The highest BCUT2D eigenvalue weighted by Crippen LogP contribution is 2.45. The standard InChI is InChI=1S/C30H31FN6O4/c1-4-21(26-27-28(32)33-7-8-37(27)29(36-26)22-12-30(39,13-22)17-38)6-5-18(2)41-25-10-23(31)9-24(11-25)40-16-20-14-34-19(3)35-15-20/h4-11,14-15,22,38-39H,1,12-13,16-17H2,2-3H3,(H2,32,33)/b18-5+,21-6+. The van der Waals surface area contributed by atoms with Crippen LogP contribution in [-0.4, -0.2) is 46.8 Å². The van der Waals surface area contributed by atoms with Gasteiger partial charge in [0, 0.05) is 60.0 Å². The highest BCUT2D eigenvalue weighted by Gasteiger charge is 2.45. The van der Waals surface area contributed by atoms with Crippen molar-refractivity contribution in [2.75, 3.05) is 12.3 Å². The van der Waals surface area contributed by atoms with Gasteiger partial charge in [-0.3, -0.25) is 4.40 Å². The lowest BCUT2D eigenvalue weighted by atomic mass is 9.71. The maximum absolute atomic E-state index is 14.3. The number of nitrogen functional groups attached to an aromatic ring is 1. The molecule has 1 fully saturated rings. The fourth-order valence-electron chi connectivity index (χ4n) is 4.76. The molecule has 41 heavy (non-hydrogen) atoms. The number of benzene rings is 1. The van der Waals surface area contributed by atoms with E-state index in [0.717, 1.165) is 11.4 Å². The molecule has 212 valence electrons. The Hall–Kier alpha value is -4.61. The van der Waals surface area contributed by atoms with Crippen molar-refractivity contribution in [3.63, 3.8) is 0 Å². The molecule has 10 nitrogen and oxygen atoms in total. The second-order valence-electron chi connectivity index (χ2n) is 10.1. The van der Waals surface area contributed by atoms with E-state index in [1.54, 1.807) is 62.9 Å². The number of halogens is 1. The topological polar surface area (TPSA) is 141 Å². The van der Waals surface area contributed by atoms with E-state index in [-0.39, 0.29) is 24.9 Å². The minimum absolute atomic E-state index is 0.0511. The minimum atomic E-state index is -1.10. The predicted molar refractivity (Wildman–Crippen MR) is 151 cm³/mol. The van der Waals surface area contributed by atoms with Crippen molar-refractivity contribution in [1.29, 1.82) is 0 Å². The molecule has 0 aliphatic heterocycles. The number of nitrogens with two attached hydrogens (primary N) is 1. The number of rotatable bonds is 10. The Kier molecular flexibility index (Phi) is 7.82. The van der Waals surface area contributed by atoms with E-state index in [2.05, 4.69) is 21.5 Å². The third-order valence-corrected chi connectivity index (χ3v) is 6.88. The van der Waals surface area contributed by atoms with Gasteiger partial charge in [-0.05, 0) is 38.8 Å². The zero-order chi connectivity index (χ0) is 29.1. The van der Waals surface area contributed by atoms with Crippen LogP contribution in [-0.2, 0) is 6.61 Å². The molecule has 3 aromatic heterocycles. The number of hydrogen-bond donors (Lipinski definition) is 3. The number of aliphatic hydroxyl groups is 2. The van der Waals surface area contributed by atoms with Crippen molar-refractivity contribution in [3.05, 3.63) is 102 Å². The van der Waals surface area contributed by atoms with E-state index in [4.69, 9.17) is 20.2 Å². The average Bonchev–Trinajstić information content (AvgIpc) is 3.31. The zero-order valence-corrected chi connectivity index (χ0v) is 22.8. The smallest absolute Gasteiger partial charge is 0.150 e. The van der Waals surface area contributed by atoms with Gasteiger partial charge >= 0.3 is 0 Å². The largest absolute Gasteiger partial charge is 0.489 e. The van der Waals surface area contributed by atoms with E-state index in [1.165, 1.54) is 12.1 Å². The number of aromatic nitrogens is 5. The molecular formula is C30H31FN6O4. The second-order valence-corrected chi connectivity index (χ2v) is 10.1. The summed E-state index contributed by atoms with van der Waals surface area (Å²) in [4.78, 5) is 17.3. The van der Waals surface area contributed by atoms with E-state index in [1.807, 2.05) is 4.40 Å². The van der Waals surface area contributed by atoms with Crippen LogP contribution < -0.4 is 15.2 Å². The Balaban J connectivity index is 1.36. The molecule has 1 aromatic carbocycles. The van der Waals surface area contributed by atoms with Crippen LogP contribution in [0.4, 0.5) is 10.2 Å². The lowest BCUT2D eigenvalue weighted by Gasteiger charge is -2.41. The minimum Gasteiger partial charge on any atom is -0.489 e. The van der Waals surface area contributed by atoms with Gasteiger partial charge in [0.15, 0.2) is 0 Å². The molecule has 1 aliphatic carbocycles. The summed E-state index contributed by atoms with van der Waals surface area (Å²) in [6.07, 6.45) is 12.6. The number of anilines is 1. The van der Waals surface area contributed by atoms with Crippen LogP contribution in [0.1, 0.15) is 48.6 Å². The molecule has 5 rings (SSSR count). The van der Waals surface area contributed by atoms with E-state index >= 15 is 0 Å². The van der Waals surface area contributed by atoms with Gasteiger partial charge in [-0.15, -0.1) is 0 Å². The van der Waals surface area contributed by atoms with E-state index < -0.39 is 11.4 Å². The number of nitrogens with zero attached hydrogens (tertiary/aromatic N) is 5. The van der Waals surface area contributed by atoms with Crippen molar-refractivity contribution < 1.29 is 24.1 Å². The number of fused-ring (bicyclic) bond motifs is 1. The van der Waals surface area contributed by atoms with Crippen LogP contribution in [0, 0.1) is 12.7 Å². The number of ether oxygens (including phenoxy) is 2. The van der Waals surface area contributed by atoms with Gasteiger partial charge in [0.2, 0.25) is 0 Å². The van der Waals surface area contributed by atoms with Crippen LogP contribution in [0.3, 0.4) is 0 Å². The highest BCUT2D eigenvalue weighted by molar-refractivity contribution is 5.87. The number of allylic oxidation sites excluding steroid dienone is 5. The Morgan fingerprint density at radius 3 is 2.63 bits per heavy atom. The fourth-order valence-corrected chi connectivity index (χ4v) is 4.76. The van der Waals surface area contributed by atoms with E-state index in [9.17, 15) is 14.6 Å². The summed E-state index contributed by atoms with van der Waals surface area (Å²) in [5.74, 6) is 2.17. The van der Waals surface area contributed by atoms with Crippen molar-refractivity contribution >= 4 is 16.9 Å². The molecular weight excluding hydrogens is 527 g/mol. The van der Waals surface area contributed by atoms with Gasteiger partial charge < -0.3 is 25.4 Å². The molecule has 0 spiro atoms. The first-order valence-electron chi connectivity index (χ1n) is 13.0. The number of hydrogen-bond acceptors (Lipinski definition) is 9. The third kappa shape index (κ3) is 6.11. The fraction of sp³-hybridized carbons (Fsp3) is 0.267. The van der Waals surface area contributed by atoms with Crippen molar-refractivity contribution in [2.45, 2.75) is 44.8 Å². The molecule has 1 aliphatic rings. The first-order chi connectivity index (χ1) is 19.7. The summed E-state index contributed by atoms with van der Waals surface area (Å²) < 4.78 is 27.8. The predicted octanol–water partition coefficient (Wildman–Crippen LogP) is 4.28. The maximum atomic E-state index is 14.3. The summed E-state index contributed by atoms with van der Waals surface area (Å²) in [5, 5.41) is 19.8. The summed E-state index contributed by atoms with van der Waals surface area (Å²) >= 11 is 0. The van der Waals surface area contributed by atoms with Gasteiger partial charge in [0.1, 0.15) is 58.4 Å². The van der Waals surface area contributed by atoms with Crippen LogP contribution in [0.25, 0.3) is 11.1 Å².